The van der Waals surface area contributed by atoms with E-state index in [-0.39, 0.29) is 23.9 Å². The molecular weight excluding hydrogens is 364 g/mol. The van der Waals surface area contributed by atoms with Crippen molar-refractivity contribution in [3.8, 4) is 34.5 Å². The van der Waals surface area contributed by atoms with Crippen molar-refractivity contribution in [2.75, 3.05) is 35.0 Å². The summed E-state index contributed by atoms with van der Waals surface area (Å²) in [6.45, 7) is 2.04. The summed E-state index contributed by atoms with van der Waals surface area (Å²) in [5.74, 6) is 1.77. The molecule has 0 heterocycles. The molecule has 0 bridgehead atoms. The van der Waals surface area contributed by atoms with Crippen molar-refractivity contribution in [1.82, 2.24) is 0 Å². The van der Waals surface area contributed by atoms with Gasteiger partial charge in [0.1, 0.15) is 12.7 Å². The van der Waals surface area contributed by atoms with Gasteiger partial charge in [0.25, 0.3) is 0 Å². The van der Waals surface area contributed by atoms with Gasteiger partial charge in [-0.2, -0.15) is 0 Å². The summed E-state index contributed by atoms with van der Waals surface area (Å²) in [7, 11) is 5.97. The first kappa shape index (κ1) is 21.5. The molecule has 0 radical (unpaired) electrons. The summed E-state index contributed by atoms with van der Waals surface area (Å²) in [6.07, 6.45) is 0.895. The fraction of sp³-hybridized carbons (Fsp3) is 0.429. The van der Waals surface area contributed by atoms with Crippen LogP contribution in [0.4, 0.5) is 0 Å². The molecule has 0 saturated carbocycles. The Morgan fingerprint density at radius 2 is 1.32 bits per heavy atom. The number of methoxy groups -OCH3 is 4. The highest BCUT2D eigenvalue weighted by atomic mass is 16.5. The third-order valence-electron chi connectivity index (χ3n) is 4.33. The van der Waals surface area contributed by atoms with Gasteiger partial charge in [-0.1, -0.05) is 13.3 Å². The van der Waals surface area contributed by atoms with Crippen LogP contribution in [-0.2, 0) is 6.42 Å². The Balaban J connectivity index is 2.26. The lowest BCUT2D eigenvalue weighted by molar-refractivity contribution is 0.104. The van der Waals surface area contributed by atoms with E-state index in [2.05, 4.69) is 6.92 Å². The number of phenolic OH excluding ortho intramolecular Hbond substituents is 1. The Hall–Kier alpha value is -2.80. The van der Waals surface area contributed by atoms with Gasteiger partial charge in [0, 0.05) is 0 Å². The van der Waals surface area contributed by atoms with Gasteiger partial charge in [0.2, 0.25) is 11.5 Å². The summed E-state index contributed by atoms with van der Waals surface area (Å²) in [4.78, 5) is 0. The SMILES string of the molecule is CCCc1cc(OC)c(OCC(O)c2cc(OC)c(O)c(OC)c2)c(OC)c1. The van der Waals surface area contributed by atoms with Crippen LogP contribution in [0.15, 0.2) is 24.3 Å². The second-order valence-electron chi connectivity index (χ2n) is 6.18. The fourth-order valence-electron chi connectivity index (χ4n) is 2.87. The lowest BCUT2D eigenvalue weighted by Gasteiger charge is -2.19. The Morgan fingerprint density at radius 1 is 0.821 bits per heavy atom. The molecule has 0 fully saturated rings. The molecule has 1 unspecified atom stereocenters. The van der Waals surface area contributed by atoms with Gasteiger partial charge in [-0.15, -0.1) is 0 Å². The first-order valence-electron chi connectivity index (χ1n) is 8.99. The molecule has 7 heteroatoms. The van der Waals surface area contributed by atoms with Crippen molar-refractivity contribution in [1.29, 1.82) is 0 Å². The van der Waals surface area contributed by atoms with Crippen molar-refractivity contribution in [2.45, 2.75) is 25.9 Å². The fourth-order valence-corrected chi connectivity index (χ4v) is 2.87. The summed E-state index contributed by atoms with van der Waals surface area (Å²) >= 11 is 0. The summed E-state index contributed by atoms with van der Waals surface area (Å²) < 4.78 is 27.0. The zero-order chi connectivity index (χ0) is 20.7. The number of benzene rings is 2. The highest BCUT2D eigenvalue weighted by molar-refractivity contribution is 5.55. The van der Waals surface area contributed by atoms with E-state index in [1.54, 1.807) is 14.2 Å². The zero-order valence-electron chi connectivity index (χ0n) is 16.9. The topological polar surface area (TPSA) is 86.6 Å². The van der Waals surface area contributed by atoms with E-state index in [0.717, 1.165) is 18.4 Å². The number of hydrogen-bond donors (Lipinski definition) is 2. The van der Waals surface area contributed by atoms with Crippen LogP contribution in [0, 0.1) is 0 Å². The quantitative estimate of drug-likeness (QED) is 0.640. The lowest BCUT2D eigenvalue weighted by atomic mass is 10.1. The van der Waals surface area contributed by atoms with Gasteiger partial charge in [-0.3, -0.25) is 0 Å². The first-order chi connectivity index (χ1) is 13.5. The Labute approximate surface area is 165 Å². The number of rotatable bonds is 10. The largest absolute Gasteiger partial charge is 0.502 e. The standard InChI is InChI=1S/C21H28O7/c1-6-7-13-8-18(26-4)21(19(9-13)27-5)28-12-15(22)14-10-16(24-2)20(23)17(11-14)25-3/h8-11,15,22-23H,6-7,12H2,1-5H3. The maximum Gasteiger partial charge on any atom is 0.203 e. The van der Waals surface area contributed by atoms with Crippen LogP contribution in [-0.4, -0.2) is 45.3 Å². The molecule has 0 aromatic heterocycles. The highest BCUT2D eigenvalue weighted by Crippen LogP contribution is 2.41. The molecule has 0 aliphatic heterocycles. The molecule has 2 N–H and O–H groups in total. The molecule has 0 amide bonds. The van der Waals surface area contributed by atoms with Crippen LogP contribution >= 0.6 is 0 Å². The van der Waals surface area contributed by atoms with Crippen LogP contribution in [0.3, 0.4) is 0 Å². The first-order valence-corrected chi connectivity index (χ1v) is 8.99. The molecule has 154 valence electrons. The van der Waals surface area contributed by atoms with Gasteiger partial charge < -0.3 is 33.9 Å². The molecule has 7 nitrogen and oxygen atoms in total. The Morgan fingerprint density at radius 3 is 1.75 bits per heavy atom. The molecule has 0 spiro atoms. The van der Waals surface area contributed by atoms with E-state index in [1.165, 1.54) is 26.4 Å². The van der Waals surface area contributed by atoms with E-state index in [4.69, 9.17) is 23.7 Å². The third kappa shape index (κ3) is 4.72. The minimum Gasteiger partial charge on any atom is -0.502 e. The molecule has 0 aliphatic carbocycles. The van der Waals surface area contributed by atoms with E-state index in [1.807, 2.05) is 12.1 Å². The maximum atomic E-state index is 10.6. The second-order valence-corrected chi connectivity index (χ2v) is 6.18. The molecule has 0 saturated heterocycles. The highest BCUT2D eigenvalue weighted by Gasteiger charge is 2.19. The van der Waals surface area contributed by atoms with Crippen LogP contribution in [0.5, 0.6) is 34.5 Å². The number of aliphatic hydroxyl groups is 1. The van der Waals surface area contributed by atoms with Crippen molar-refractivity contribution in [3.63, 3.8) is 0 Å². The number of aromatic hydroxyl groups is 1. The molecular formula is C21H28O7. The van der Waals surface area contributed by atoms with Crippen molar-refractivity contribution in [3.05, 3.63) is 35.4 Å². The zero-order valence-corrected chi connectivity index (χ0v) is 16.9. The van der Waals surface area contributed by atoms with E-state index < -0.39 is 6.10 Å². The van der Waals surface area contributed by atoms with Crippen molar-refractivity contribution < 1.29 is 33.9 Å². The minimum atomic E-state index is -0.992. The van der Waals surface area contributed by atoms with Gasteiger partial charge in [0.15, 0.2) is 23.0 Å². The minimum absolute atomic E-state index is 0.0586. The predicted octanol–water partition coefficient (Wildman–Crippen LogP) is 3.49. The molecule has 28 heavy (non-hydrogen) atoms. The Bertz CT molecular complexity index is 738. The summed E-state index contributed by atoms with van der Waals surface area (Å²) in [5.41, 5.74) is 1.56. The molecule has 0 aliphatic rings. The van der Waals surface area contributed by atoms with Gasteiger partial charge >= 0.3 is 0 Å². The van der Waals surface area contributed by atoms with Crippen LogP contribution in [0.25, 0.3) is 0 Å². The van der Waals surface area contributed by atoms with Crippen LogP contribution in [0.1, 0.15) is 30.6 Å². The predicted molar refractivity (Wildman–Crippen MR) is 105 cm³/mol. The molecule has 2 aromatic rings. The van der Waals surface area contributed by atoms with E-state index in [0.29, 0.717) is 22.8 Å². The van der Waals surface area contributed by atoms with Crippen molar-refractivity contribution >= 4 is 0 Å². The molecule has 2 rings (SSSR count). The van der Waals surface area contributed by atoms with Crippen molar-refractivity contribution in [2.24, 2.45) is 0 Å². The van der Waals surface area contributed by atoms with E-state index >= 15 is 0 Å². The Kier molecular flexibility index (Phi) is 7.63. The normalized spacial score (nSPS) is 11.6. The number of hydrogen-bond acceptors (Lipinski definition) is 7. The maximum absolute atomic E-state index is 10.6. The number of phenols is 1. The second kappa shape index (κ2) is 9.94. The molecule has 1 atom stereocenters. The average Bonchev–Trinajstić information content (AvgIpc) is 2.72. The number of ether oxygens (including phenoxy) is 5. The van der Waals surface area contributed by atoms with Crippen LogP contribution in [0.2, 0.25) is 0 Å². The summed E-state index contributed by atoms with van der Waals surface area (Å²) in [5, 5.41) is 20.6. The average molecular weight is 392 g/mol. The van der Waals surface area contributed by atoms with Crippen LogP contribution < -0.4 is 23.7 Å². The van der Waals surface area contributed by atoms with Gasteiger partial charge in [-0.05, 0) is 41.8 Å². The summed E-state index contributed by atoms with van der Waals surface area (Å²) in [6, 6.07) is 6.87. The van der Waals surface area contributed by atoms with E-state index in [9.17, 15) is 10.2 Å². The third-order valence-corrected chi connectivity index (χ3v) is 4.33. The molecule has 2 aromatic carbocycles. The number of aryl methyl sites for hydroxylation is 1. The lowest BCUT2D eigenvalue weighted by Crippen LogP contribution is -2.11. The van der Waals surface area contributed by atoms with Gasteiger partial charge in [0.05, 0.1) is 28.4 Å². The smallest absolute Gasteiger partial charge is 0.203 e. The van der Waals surface area contributed by atoms with Gasteiger partial charge in [-0.25, -0.2) is 0 Å². The number of aliphatic hydroxyl groups excluding tert-OH is 1. The monoisotopic (exact) mass is 392 g/mol.